The Bertz CT molecular complexity index is 564. The summed E-state index contributed by atoms with van der Waals surface area (Å²) in [7, 11) is -3.70. The number of carbonyl (C=O) groups excluding carboxylic acids is 1. The largest absolute Gasteiger partial charge is 0.303 e. The summed E-state index contributed by atoms with van der Waals surface area (Å²) in [6, 6.07) is 9.72. The maximum atomic E-state index is 11.8. The average molecular weight is 310 g/mol. The van der Waals surface area contributed by atoms with E-state index in [1.807, 2.05) is 42.5 Å². The summed E-state index contributed by atoms with van der Waals surface area (Å²) in [5.41, 5.74) is 1.05. The molecular weight excluding hydrogens is 288 g/mol. The van der Waals surface area contributed by atoms with Crippen molar-refractivity contribution in [2.75, 3.05) is 13.1 Å². The molecule has 1 aromatic rings. The van der Waals surface area contributed by atoms with E-state index in [2.05, 4.69) is 4.72 Å². The van der Waals surface area contributed by atoms with Gasteiger partial charge in [0.25, 0.3) is 0 Å². The predicted molar refractivity (Wildman–Crippen MR) is 84.7 cm³/mol. The normalized spacial score (nSPS) is 12.0. The van der Waals surface area contributed by atoms with Gasteiger partial charge in [-0.15, -0.1) is 0 Å². The fourth-order valence-electron chi connectivity index (χ4n) is 1.82. The number of nitrogens with zero attached hydrogens (tertiary/aromatic N) is 1. The van der Waals surface area contributed by atoms with Gasteiger partial charge in [0.1, 0.15) is 0 Å². The zero-order valence-corrected chi connectivity index (χ0v) is 13.3. The van der Waals surface area contributed by atoms with Crippen LogP contribution in [0.3, 0.4) is 0 Å². The van der Waals surface area contributed by atoms with Crippen LogP contribution in [-0.2, 0) is 15.0 Å². The zero-order valence-electron chi connectivity index (χ0n) is 12.5. The summed E-state index contributed by atoms with van der Waals surface area (Å²) in [6.45, 7) is 4.14. The maximum absolute atomic E-state index is 11.8. The highest BCUT2D eigenvalue weighted by atomic mass is 32.2. The number of benzene rings is 1. The summed E-state index contributed by atoms with van der Waals surface area (Å²) in [5.74, 6) is -0.486. The first-order chi connectivity index (χ1) is 9.99. The molecule has 0 bridgehead atoms. The summed E-state index contributed by atoms with van der Waals surface area (Å²) in [6.07, 6.45) is 4.41. The van der Waals surface area contributed by atoms with Gasteiger partial charge in [-0.05, 0) is 12.0 Å². The molecule has 6 heteroatoms. The summed E-state index contributed by atoms with van der Waals surface area (Å²) in [5, 5.41) is 0. The Balaban J connectivity index is 2.43. The molecule has 0 saturated carbocycles. The van der Waals surface area contributed by atoms with E-state index in [4.69, 9.17) is 0 Å². The Hall–Kier alpha value is -1.66. The third-order valence-electron chi connectivity index (χ3n) is 2.94. The first-order valence-electron chi connectivity index (χ1n) is 7.02. The van der Waals surface area contributed by atoms with Crippen LogP contribution in [0.5, 0.6) is 0 Å². The van der Waals surface area contributed by atoms with Crippen LogP contribution in [0.2, 0.25) is 0 Å². The van der Waals surface area contributed by atoms with Gasteiger partial charge in [0.15, 0.2) is 0 Å². The molecule has 0 atom stereocenters. The highest BCUT2D eigenvalue weighted by Gasteiger charge is 2.20. The molecule has 116 valence electrons. The molecule has 0 spiro atoms. The third-order valence-corrected chi connectivity index (χ3v) is 4.62. The number of rotatable bonds is 8. The molecule has 0 aromatic heterocycles. The van der Waals surface area contributed by atoms with Crippen LogP contribution in [0.25, 0.3) is 6.08 Å². The highest BCUT2D eigenvalue weighted by molar-refractivity contribution is 7.87. The molecular formula is C15H22N2O3S. The number of nitrogens with one attached hydrogen (secondary N) is 1. The first-order valence-corrected chi connectivity index (χ1v) is 8.46. The van der Waals surface area contributed by atoms with E-state index in [1.54, 1.807) is 13.8 Å². The Kier molecular flexibility index (Phi) is 7.11. The van der Waals surface area contributed by atoms with Crippen LogP contribution in [-0.4, -0.2) is 31.7 Å². The number of hydrogen-bond donors (Lipinski definition) is 1. The van der Waals surface area contributed by atoms with E-state index >= 15 is 0 Å². The van der Waals surface area contributed by atoms with Crippen LogP contribution in [0.15, 0.2) is 36.4 Å². The fourth-order valence-corrected chi connectivity index (χ4v) is 3.02. The van der Waals surface area contributed by atoms with E-state index in [-0.39, 0.29) is 6.42 Å². The summed E-state index contributed by atoms with van der Waals surface area (Å²) >= 11 is 0. The first kappa shape index (κ1) is 17.4. The lowest BCUT2D eigenvalue weighted by molar-refractivity contribution is -0.119. The Morgan fingerprint density at radius 1 is 1.19 bits per heavy atom. The van der Waals surface area contributed by atoms with Gasteiger partial charge >= 0.3 is 10.2 Å². The van der Waals surface area contributed by atoms with Crippen LogP contribution in [0, 0.1) is 0 Å². The van der Waals surface area contributed by atoms with Crippen LogP contribution in [0.4, 0.5) is 0 Å². The molecule has 1 aromatic carbocycles. The maximum Gasteiger partial charge on any atom is 0.303 e. The van der Waals surface area contributed by atoms with Gasteiger partial charge in [0, 0.05) is 19.5 Å². The Morgan fingerprint density at radius 2 is 1.81 bits per heavy atom. The van der Waals surface area contributed by atoms with Crippen molar-refractivity contribution in [1.82, 2.24) is 9.03 Å². The molecule has 0 aliphatic carbocycles. The lowest BCUT2D eigenvalue weighted by atomic mass is 10.2. The lowest BCUT2D eigenvalue weighted by Crippen LogP contribution is -2.43. The molecule has 1 amide bonds. The molecule has 21 heavy (non-hydrogen) atoms. The van der Waals surface area contributed by atoms with E-state index in [1.165, 1.54) is 4.31 Å². The van der Waals surface area contributed by atoms with Gasteiger partial charge in [0.2, 0.25) is 5.91 Å². The molecule has 0 aliphatic heterocycles. The minimum absolute atomic E-state index is 0.143. The van der Waals surface area contributed by atoms with Crippen molar-refractivity contribution in [3.8, 4) is 0 Å². The number of amides is 1. The highest BCUT2D eigenvalue weighted by Crippen LogP contribution is 2.04. The van der Waals surface area contributed by atoms with Crippen LogP contribution >= 0.6 is 0 Å². The van der Waals surface area contributed by atoms with E-state index < -0.39 is 16.1 Å². The smallest absolute Gasteiger partial charge is 0.274 e. The topological polar surface area (TPSA) is 66.5 Å². The lowest BCUT2D eigenvalue weighted by Gasteiger charge is -2.18. The molecule has 1 N–H and O–H groups in total. The minimum atomic E-state index is -3.70. The molecule has 0 unspecified atom stereocenters. The van der Waals surface area contributed by atoms with Gasteiger partial charge in [-0.3, -0.25) is 4.79 Å². The van der Waals surface area contributed by atoms with Crippen LogP contribution < -0.4 is 4.72 Å². The van der Waals surface area contributed by atoms with Gasteiger partial charge in [0.05, 0.1) is 0 Å². The molecule has 0 fully saturated rings. The molecule has 5 nitrogen and oxygen atoms in total. The zero-order chi connectivity index (χ0) is 15.7. The summed E-state index contributed by atoms with van der Waals surface area (Å²) in [4.78, 5) is 11.7. The van der Waals surface area contributed by atoms with E-state index in [9.17, 15) is 13.2 Å². The number of carbonyl (C=O) groups is 1. The molecule has 0 heterocycles. The van der Waals surface area contributed by atoms with Crippen LogP contribution in [0.1, 0.15) is 32.3 Å². The Labute approximate surface area is 126 Å². The summed E-state index contributed by atoms with van der Waals surface area (Å²) < 4.78 is 27.0. The number of allylic oxidation sites excluding steroid dienone is 1. The van der Waals surface area contributed by atoms with E-state index in [0.29, 0.717) is 19.5 Å². The van der Waals surface area contributed by atoms with Gasteiger partial charge in [-0.25, -0.2) is 4.72 Å². The Morgan fingerprint density at radius 3 is 2.38 bits per heavy atom. The van der Waals surface area contributed by atoms with Crippen molar-refractivity contribution in [3.63, 3.8) is 0 Å². The SMILES string of the molecule is CCN(CC)S(=O)(=O)NC(=O)CC/C=C/c1ccccc1. The molecule has 0 aliphatic rings. The standard InChI is InChI=1S/C15H22N2O3S/c1-3-17(4-2)21(19,20)16-15(18)13-9-8-12-14-10-6-5-7-11-14/h5-8,10-12H,3-4,9,13H2,1-2H3,(H,16,18)/b12-8+. The van der Waals surface area contributed by atoms with Gasteiger partial charge < -0.3 is 0 Å². The van der Waals surface area contributed by atoms with Crippen molar-refractivity contribution in [2.24, 2.45) is 0 Å². The second-order valence-electron chi connectivity index (χ2n) is 4.47. The average Bonchev–Trinajstić information content (AvgIpc) is 2.45. The second-order valence-corrected chi connectivity index (χ2v) is 6.14. The van der Waals surface area contributed by atoms with Gasteiger partial charge in [-0.2, -0.15) is 12.7 Å². The number of hydrogen-bond acceptors (Lipinski definition) is 3. The van der Waals surface area contributed by atoms with Crippen molar-refractivity contribution in [2.45, 2.75) is 26.7 Å². The van der Waals surface area contributed by atoms with Crippen molar-refractivity contribution < 1.29 is 13.2 Å². The van der Waals surface area contributed by atoms with Crippen molar-refractivity contribution in [3.05, 3.63) is 42.0 Å². The van der Waals surface area contributed by atoms with Crippen molar-refractivity contribution >= 4 is 22.2 Å². The fraction of sp³-hybridized carbons (Fsp3) is 0.400. The van der Waals surface area contributed by atoms with Gasteiger partial charge in [-0.1, -0.05) is 56.3 Å². The molecule has 0 radical (unpaired) electrons. The van der Waals surface area contributed by atoms with E-state index in [0.717, 1.165) is 5.56 Å². The third kappa shape index (κ3) is 6.10. The quantitative estimate of drug-likeness (QED) is 0.800. The second kappa shape index (κ2) is 8.59. The monoisotopic (exact) mass is 310 g/mol. The minimum Gasteiger partial charge on any atom is -0.274 e. The molecule has 1 rings (SSSR count). The van der Waals surface area contributed by atoms with Crippen molar-refractivity contribution in [1.29, 1.82) is 0 Å². The molecule has 0 saturated heterocycles. The predicted octanol–water partition coefficient (Wildman–Crippen LogP) is 2.18.